The monoisotopic (exact) mass is 615 g/mol. The molecule has 0 N–H and O–H groups in total. The molecule has 10 rings (SSSR count). The zero-order chi connectivity index (χ0) is 31.6. The maximum Gasteiger partial charge on any atom is 0.167 e. The van der Waals surface area contributed by atoms with Crippen LogP contribution >= 0.6 is 0 Å². The van der Waals surface area contributed by atoms with Crippen LogP contribution in [0.4, 0.5) is 0 Å². The molecule has 3 aromatic heterocycles. The summed E-state index contributed by atoms with van der Waals surface area (Å²) in [5.74, 6) is 1.78. The number of para-hydroxylation sites is 2. The normalized spacial score (nSPS) is 11.8. The van der Waals surface area contributed by atoms with Gasteiger partial charge in [0.15, 0.2) is 17.5 Å². The first kappa shape index (κ1) is 26.6. The highest BCUT2D eigenvalue weighted by molar-refractivity contribution is 6.16. The van der Waals surface area contributed by atoms with Gasteiger partial charge in [0.2, 0.25) is 0 Å². The van der Waals surface area contributed by atoms with Gasteiger partial charge in [-0.3, -0.25) is 0 Å². The third kappa shape index (κ3) is 4.22. The first-order valence-corrected chi connectivity index (χ1v) is 15.9. The molecule has 10 aromatic rings. The van der Waals surface area contributed by atoms with E-state index >= 15 is 0 Å². The molecule has 0 bridgehead atoms. The number of furan rings is 2. The van der Waals surface area contributed by atoms with Gasteiger partial charge in [0.1, 0.15) is 22.3 Å². The van der Waals surface area contributed by atoms with Gasteiger partial charge in [-0.2, -0.15) is 0 Å². The molecule has 0 aliphatic rings. The summed E-state index contributed by atoms with van der Waals surface area (Å²) in [6.45, 7) is 0. The van der Waals surface area contributed by atoms with E-state index < -0.39 is 0 Å². The van der Waals surface area contributed by atoms with Crippen molar-refractivity contribution in [2.24, 2.45) is 0 Å². The zero-order valence-corrected chi connectivity index (χ0v) is 25.6. The van der Waals surface area contributed by atoms with E-state index in [-0.39, 0.29) is 0 Å². The molecule has 48 heavy (non-hydrogen) atoms. The fourth-order valence-corrected chi connectivity index (χ4v) is 6.83. The van der Waals surface area contributed by atoms with Gasteiger partial charge >= 0.3 is 0 Å². The van der Waals surface area contributed by atoms with Gasteiger partial charge in [-0.25, -0.2) is 15.0 Å². The molecule has 0 saturated heterocycles. The number of aromatic nitrogens is 3. The SMILES string of the molecule is c1ccc(-c2nc(-c3ccc4ccccc4c3)nc(-c3cccc4c3oc3cccc(-c5ccc6oc7ccccc7c6c5)c34)n2)cc1. The van der Waals surface area contributed by atoms with Crippen molar-refractivity contribution in [2.45, 2.75) is 0 Å². The number of fused-ring (bicyclic) bond motifs is 7. The topological polar surface area (TPSA) is 65.0 Å². The summed E-state index contributed by atoms with van der Waals surface area (Å²) in [7, 11) is 0. The molecule has 0 spiro atoms. The van der Waals surface area contributed by atoms with Gasteiger partial charge in [-0.05, 0) is 58.3 Å². The smallest absolute Gasteiger partial charge is 0.167 e. The van der Waals surface area contributed by atoms with Crippen molar-refractivity contribution in [2.75, 3.05) is 0 Å². The van der Waals surface area contributed by atoms with E-state index in [1.54, 1.807) is 0 Å². The van der Waals surface area contributed by atoms with E-state index in [9.17, 15) is 0 Å². The Morgan fingerprint density at radius 1 is 0.354 bits per heavy atom. The fourth-order valence-electron chi connectivity index (χ4n) is 6.83. The summed E-state index contributed by atoms with van der Waals surface area (Å²) < 4.78 is 12.8. The Bertz CT molecular complexity index is 2850. The van der Waals surface area contributed by atoms with Crippen LogP contribution in [0, 0.1) is 0 Å². The Kier molecular flexibility index (Phi) is 5.81. The van der Waals surface area contributed by atoms with Crippen LogP contribution in [0.5, 0.6) is 0 Å². The second kappa shape index (κ2) is 10.5. The molecule has 0 fully saturated rings. The molecule has 3 heterocycles. The quantitative estimate of drug-likeness (QED) is 0.197. The molecular formula is C43H25N3O2. The number of rotatable bonds is 4. The van der Waals surface area contributed by atoms with E-state index in [2.05, 4.69) is 72.8 Å². The van der Waals surface area contributed by atoms with Crippen LogP contribution in [0.1, 0.15) is 0 Å². The Morgan fingerprint density at radius 2 is 1.02 bits per heavy atom. The van der Waals surface area contributed by atoms with E-state index in [0.717, 1.165) is 77.1 Å². The van der Waals surface area contributed by atoms with Crippen molar-refractivity contribution in [3.05, 3.63) is 152 Å². The van der Waals surface area contributed by atoms with Crippen molar-refractivity contribution in [3.8, 4) is 45.3 Å². The highest BCUT2D eigenvalue weighted by Crippen LogP contribution is 2.41. The van der Waals surface area contributed by atoms with Crippen LogP contribution in [0.15, 0.2) is 160 Å². The van der Waals surface area contributed by atoms with Crippen molar-refractivity contribution in [1.29, 1.82) is 0 Å². The van der Waals surface area contributed by atoms with E-state index in [1.165, 1.54) is 5.39 Å². The molecule has 0 radical (unpaired) electrons. The van der Waals surface area contributed by atoms with Gasteiger partial charge in [-0.1, -0.05) is 115 Å². The van der Waals surface area contributed by atoms with E-state index in [4.69, 9.17) is 23.8 Å². The molecule has 7 aromatic carbocycles. The predicted octanol–water partition coefficient (Wildman–Crippen LogP) is 11.5. The third-order valence-corrected chi connectivity index (χ3v) is 9.13. The lowest BCUT2D eigenvalue weighted by atomic mass is 9.97. The van der Waals surface area contributed by atoms with Crippen molar-refractivity contribution in [3.63, 3.8) is 0 Å². The van der Waals surface area contributed by atoms with Gasteiger partial charge < -0.3 is 8.83 Å². The maximum atomic E-state index is 6.67. The minimum atomic E-state index is 0.560. The molecule has 5 nitrogen and oxygen atoms in total. The first-order chi connectivity index (χ1) is 23.8. The number of nitrogens with zero attached hydrogens (tertiary/aromatic N) is 3. The lowest BCUT2D eigenvalue weighted by Crippen LogP contribution is -2.00. The van der Waals surface area contributed by atoms with E-state index in [0.29, 0.717) is 17.5 Å². The summed E-state index contributed by atoms with van der Waals surface area (Å²) in [4.78, 5) is 15.1. The van der Waals surface area contributed by atoms with Crippen LogP contribution in [0.2, 0.25) is 0 Å². The van der Waals surface area contributed by atoms with Crippen LogP contribution < -0.4 is 0 Å². The minimum absolute atomic E-state index is 0.560. The molecule has 0 unspecified atom stereocenters. The molecule has 0 aliphatic heterocycles. The highest BCUT2D eigenvalue weighted by atomic mass is 16.3. The second-order valence-corrected chi connectivity index (χ2v) is 12.0. The van der Waals surface area contributed by atoms with Gasteiger partial charge in [0.05, 0.1) is 5.56 Å². The van der Waals surface area contributed by atoms with Crippen molar-refractivity contribution in [1.82, 2.24) is 15.0 Å². The van der Waals surface area contributed by atoms with Gasteiger partial charge in [0, 0.05) is 32.7 Å². The summed E-state index contributed by atoms with van der Waals surface area (Å²) in [6, 6.07) is 51.7. The molecule has 0 atom stereocenters. The molecule has 0 amide bonds. The Morgan fingerprint density at radius 3 is 1.94 bits per heavy atom. The molecule has 0 aliphatic carbocycles. The van der Waals surface area contributed by atoms with E-state index in [1.807, 2.05) is 78.9 Å². The van der Waals surface area contributed by atoms with Gasteiger partial charge in [-0.15, -0.1) is 0 Å². The molecular weight excluding hydrogens is 590 g/mol. The average molecular weight is 616 g/mol. The fraction of sp³-hybridized carbons (Fsp3) is 0. The summed E-state index contributed by atoms with van der Waals surface area (Å²) in [6.07, 6.45) is 0. The van der Waals surface area contributed by atoms with Crippen molar-refractivity contribution < 1.29 is 8.83 Å². The average Bonchev–Trinajstić information content (AvgIpc) is 3.73. The van der Waals surface area contributed by atoms with Crippen LogP contribution in [0.3, 0.4) is 0 Å². The third-order valence-electron chi connectivity index (χ3n) is 9.13. The second-order valence-electron chi connectivity index (χ2n) is 12.0. The summed E-state index contributed by atoms with van der Waals surface area (Å²) in [5.41, 5.74) is 8.15. The van der Waals surface area contributed by atoms with Crippen LogP contribution in [-0.4, -0.2) is 15.0 Å². The Hall–Kier alpha value is -6.59. The lowest BCUT2D eigenvalue weighted by molar-refractivity contribution is 0.669. The molecule has 5 heteroatoms. The standard InChI is InChI=1S/C43H25N3O2/c1-2-11-27(12-3-1)41-44-42(30-21-20-26-10-4-5-13-28(26)24-30)46-43(45-41)34-17-8-16-33-39-31(15-9-19-38(39)48-40(33)34)29-22-23-37-35(25-29)32-14-6-7-18-36(32)47-37/h1-25H. The maximum absolute atomic E-state index is 6.67. The molecule has 0 saturated carbocycles. The Balaban J connectivity index is 1.18. The molecule has 224 valence electrons. The van der Waals surface area contributed by atoms with Crippen LogP contribution in [0.25, 0.3) is 99.9 Å². The van der Waals surface area contributed by atoms with Gasteiger partial charge in [0.25, 0.3) is 0 Å². The van der Waals surface area contributed by atoms with Crippen molar-refractivity contribution >= 4 is 54.6 Å². The lowest BCUT2D eigenvalue weighted by Gasteiger charge is -2.09. The number of hydrogen-bond acceptors (Lipinski definition) is 5. The Labute approximate surface area is 274 Å². The summed E-state index contributed by atoms with van der Waals surface area (Å²) in [5, 5.41) is 6.55. The first-order valence-electron chi connectivity index (χ1n) is 15.9. The largest absolute Gasteiger partial charge is 0.456 e. The number of hydrogen-bond donors (Lipinski definition) is 0. The predicted molar refractivity (Wildman–Crippen MR) is 194 cm³/mol. The van der Waals surface area contributed by atoms with Crippen LogP contribution in [-0.2, 0) is 0 Å². The highest BCUT2D eigenvalue weighted by Gasteiger charge is 2.20. The summed E-state index contributed by atoms with van der Waals surface area (Å²) >= 11 is 0. The minimum Gasteiger partial charge on any atom is -0.456 e. The number of benzene rings is 7. The zero-order valence-electron chi connectivity index (χ0n) is 25.6.